The van der Waals surface area contributed by atoms with E-state index in [0.29, 0.717) is 16.8 Å². The maximum absolute atomic E-state index is 12.6. The van der Waals surface area contributed by atoms with E-state index in [1.807, 2.05) is 13.0 Å². The van der Waals surface area contributed by atoms with Crippen molar-refractivity contribution in [3.8, 4) is 11.1 Å². The molecule has 0 radical (unpaired) electrons. The highest BCUT2D eigenvalue weighted by molar-refractivity contribution is 6.01. The summed E-state index contributed by atoms with van der Waals surface area (Å²) in [4.78, 5) is 16.4. The Kier molecular flexibility index (Phi) is 4.97. The third-order valence-corrected chi connectivity index (χ3v) is 4.52. The SMILES string of the molecule is Cc1cc(-c2ccc(NC(=O)Nc3ccc(C(F)(F)F)cc3)cc2)c2c(N)noc2n1. The number of aryl methyl sites for hydroxylation is 1. The molecule has 10 heteroatoms. The zero-order chi connectivity index (χ0) is 22.2. The third-order valence-electron chi connectivity index (χ3n) is 4.52. The zero-order valence-corrected chi connectivity index (χ0v) is 16.1. The topological polar surface area (TPSA) is 106 Å². The van der Waals surface area contributed by atoms with Crippen molar-refractivity contribution in [2.75, 3.05) is 16.4 Å². The van der Waals surface area contributed by atoms with E-state index in [0.717, 1.165) is 29.0 Å². The van der Waals surface area contributed by atoms with Crippen molar-refractivity contribution < 1.29 is 22.5 Å². The van der Waals surface area contributed by atoms with Crippen LogP contribution in [0.4, 0.5) is 35.2 Å². The monoisotopic (exact) mass is 427 g/mol. The molecule has 0 aliphatic heterocycles. The number of rotatable bonds is 3. The summed E-state index contributed by atoms with van der Waals surface area (Å²) in [5.74, 6) is 0.232. The van der Waals surface area contributed by atoms with Crippen LogP contribution in [-0.4, -0.2) is 16.2 Å². The first kappa shape index (κ1) is 20.2. The number of nitrogens with one attached hydrogen (secondary N) is 2. The minimum atomic E-state index is -4.43. The van der Waals surface area contributed by atoms with Crippen LogP contribution in [0.5, 0.6) is 0 Å². The van der Waals surface area contributed by atoms with Gasteiger partial charge >= 0.3 is 12.2 Å². The number of halogens is 3. The van der Waals surface area contributed by atoms with E-state index in [9.17, 15) is 18.0 Å². The molecule has 7 nitrogen and oxygen atoms in total. The Hall–Kier alpha value is -4.08. The van der Waals surface area contributed by atoms with Crippen LogP contribution >= 0.6 is 0 Å². The number of nitrogen functional groups attached to an aromatic ring is 1. The van der Waals surface area contributed by atoms with Crippen molar-refractivity contribution in [2.45, 2.75) is 13.1 Å². The van der Waals surface area contributed by atoms with E-state index >= 15 is 0 Å². The first-order valence-electron chi connectivity index (χ1n) is 9.09. The van der Waals surface area contributed by atoms with Gasteiger partial charge < -0.3 is 20.9 Å². The lowest BCUT2D eigenvalue weighted by Gasteiger charge is -2.10. The van der Waals surface area contributed by atoms with E-state index in [4.69, 9.17) is 10.3 Å². The second-order valence-electron chi connectivity index (χ2n) is 6.79. The first-order chi connectivity index (χ1) is 14.7. The Morgan fingerprint density at radius 2 is 1.58 bits per heavy atom. The van der Waals surface area contributed by atoms with Gasteiger partial charge in [0, 0.05) is 22.6 Å². The molecule has 4 N–H and O–H groups in total. The summed E-state index contributed by atoms with van der Waals surface area (Å²) < 4.78 is 43.0. The van der Waals surface area contributed by atoms with E-state index in [1.54, 1.807) is 24.3 Å². The standard InChI is InChI=1S/C21H16F3N5O2/c1-11-10-16(17-18(25)29-31-19(17)26-11)12-2-6-14(7-3-12)27-20(30)28-15-8-4-13(5-9-15)21(22,23)24/h2-10H,1H3,(H2,25,29)(H2,27,28,30). The molecule has 0 aliphatic rings. The van der Waals surface area contributed by atoms with Gasteiger partial charge in [-0.2, -0.15) is 13.2 Å². The number of urea groups is 1. The molecule has 4 rings (SSSR count). The quantitative estimate of drug-likeness (QED) is 0.404. The van der Waals surface area contributed by atoms with Crippen molar-refractivity contribution in [1.29, 1.82) is 0 Å². The number of carbonyl (C=O) groups is 1. The van der Waals surface area contributed by atoms with Crippen LogP contribution in [0.3, 0.4) is 0 Å². The second kappa shape index (κ2) is 7.63. The molecule has 2 aromatic heterocycles. The maximum atomic E-state index is 12.6. The smallest absolute Gasteiger partial charge is 0.380 e. The Morgan fingerprint density at radius 1 is 1.00 bits per heavy atom. The largest absolute Gasteiger partial charge is 0.416 e. The summed E-state index contributed by atoms with van der Waals surface area (Å²) in [5, 5.41) is 9.47. The number of hydrogen-bond acceptors (Lipinski definition) is 5. The van der Waals surface area contributed by atoms with Crippen LogP contribution in [0.1, 0.15) is 11.3 Å². The fraction of sp³-hybridized carbons (Fsp3) is 0.0952. The Balaban J connectivity index is 1.48. The molecule has 2 amide bonds. The number of nitrogens with two attached hydrogens (primary N) is 1. The van der Waals surface area contributed by atoms with Gasteiger partial charge in [-0.25, -0.2) is 9.78 Å². The number of nitrogens with zero attached hydrogens (tertiary/aromatic N) is 2. The van der Waals surface area contributed by atoms with Gasteiger partial charge in [0.2, 0.25) is 0 Å². The highest BCUT2D eigenvalue weighted by atomic mass is 19.4. The Bertz CT molecular complexity index is 1250. The highest BCUT2D eigenvalue weighted by Crippen LogP contribution is 2.33. The molecule has 0 aliphatic carbocycles. The number of aromatic nitrogens is 2. The minimum Gasteiger partial charge on any atom is -0.380 e. The van der Waals surface area contributed by atoms with E-state index < -0.39 is 17.8 Å². The molecule has 0 bridgehead atoms. The van der Waals surface area contributed by atoms with E-state index in [2.05, 4.69) is 20.8 Å². The number of alkyl halides is 3. The molecule has 0 spiro atoms. The van der Waals surface area contributed by atoms with Gasteiger partial charge in [0.15, 0.2) is 5.82 Å². The van der Waals surface area contributed by atoms with Crippen LogP contribution in [0, 0.1) is 6.92 Å². The number of anilines is 3. The van der Waals surface area contributed by atoms with Gasteiger partial charge in [0.1, 0.15) is 0 Å². The molecule has 158 valence electrons. The Labute approximate surface area is 174 Å². The van der Waals surface area contributed by atoms with Crippen LogP contribution in [0.15, 0.2) is 59.1 Å². The molecule has 0 saturated heterocycles. The van der Waals surface area contributed by atoms with Gasteiger partial charge in [-0.3, -0.25) is 0 Å². The predicted molar refractivity (Wildman–Crippen MR) is 110 cm³/mol. The number of amides is 2. The second-order valence-corrected chi connectivity index (χ2v) is 6.79. The van der Waals surface area contributed by atoms with E-state index in [1.165, 1.54) is 12.1 Å². The summed E-state index contributed by atoms with van der Waals surface area (Å²) in [6.07, 6.45) is -4.43. The van der Waals surface area contributed by atoms with Gasteiger partial charge in [-0.1, -0.05) is 17.3 Å². The first-order valence-corrected chi connectivity index (χ1v) is 9.09. The van der Waals surface area contributed by atoms with Gasteiger partial charge in [0.25, 0.3) is 5.71 Å². The number of benzene rings is 2. The Morgan fingerprint density at radius 3 is 2.16 bits per heavy atom. The number of hydrogen-bond donors (Lipinski definition) is 3. The van der Waals surface area contributed by atoms with Crippen molar-refractivity contribution in [2.24, 2.45) is 0 Å². The average Bonchev–Trinajstić information content (AvgIpc) is 3.08. The van der Waals surface area contributed by atoms with Crippen LogP contribution in [-0.2, 0) is 6.18 Å². The summed E-state index contributed by atoms with van der Waals surface area (Å²) in [6.45, 7) is 1.82. The molecule has 2 heterocycles. The predicted octanol–water partition coefficient (Wildman–Crippen LogP) is 5.44. The summed E-state index contributed by atoms with van der Waals surface area (Å²) >= 11 is 0. The molecular formula is C21H16F3N5O2. The van der Waals surface area contributed by atoms with Gasteiger partial charge in [-0.05, 0) is 55.0 Å². The molecule has 0 saturated carbocycles. The average molecular weight is 427 g/mol. The third kappa shape index (κ3) is 4.27. The summed E-state index contributed by atoms with van der Waals surface area (Å²) in [6, 6.07) is 12.4. The number of carbonyl (C=O) groups excluding carboxylic acids is 1. The number of pyridine rings is 1. The molecule has 31 heavy (non-hydrogen) atoms. The van der Waals surface area contributed by atoms with Crippen LogP contribution < -0.4 is 16.4 Å². The lowest BCUT2D eigenvalue weighted by Crippen LogP contribution is -2.19. The van der Waals surface area contributed by atoms with Gasteiger partial charge in [-0.15, -0.1) is 0 Å². The molecule has 0 fully saturated rings. The highest BCUT2D eigenvalue weighted by Gasteiger charge is 2.30. The van der Waals surface area contributed by atoms with Crippen LogP contribution in [0.25, 0.3) is 22.2 Å². The van der Waals surface area contributed by atoms with E-state index in [-0.39, 0.29) is 11.5 Å². The fourth-order valence-corrected chi connectivity index (χ4v) is 3.09. The summed E-state index contributed by atoms with van der Waals surface area (Å²) in [7, 11) is 0. The molecule has 4 aromatic rings. The lowest BCUT2D eigenvalue weighted by molar-refractivity contribution is -0.137. The van der Waals surface area contributed by atoms with Crippen molar-refractivity contribution in [1.82, 2.24) is 10.1 Å². The minimum absolute atomic E-state index is 0.232. The zero-order valence-electron chi connectivity index (χ0n) is 16.1. The van der Waals surface area contributed by atoms with Crippen molar-refractivity contribution in [3.05, 3.63) is 65.9 Å². The van der Waals surface area contributed by atoms with Crippen molar-refractivity contribution in [3.63, 3.8) is 0 Å². The lowest BCUT2D eigenvalue weighted by atomic mass is 10.0. The fourth-order valence-electron chi connectivity index (χ4n) is 3.09. The number of fused-ring (bicyclic) bond motifs is 1. The molecule has 2 aromatic carbocycles. The van der Waals surface area contributed by atoms with Gasteiger partial charge in [0.05, 0.1) is 10.9 Å². The van der Waals surface area contributed by atoms with Crippen molar-refractivity contribution >= 4 is 34.3 Å². The molecule has 0 unspecified atom stereocenters. The summed E-state index contributed by atoms with van der Waals surface area (Å²) in [5.41, 5.74) is 8.52. The molecule has 0 atom stereocenters. The maximum Gasteiger partial charge on any atom is 0.416 e. The van der Waals surface area contributed by atoms with Crippen LogP contribution in [0.2, 0.25) is 0 Å². The normalized spacial score (nSPS) is 11.5. The molecular weight excluding hydrogens is 411 g/mol.